The molecule has 0 bridgehead atoms. The zero-order valence-electron chi connectivity index (χ0n) is 12.3. The van der Waals surface area contributed by atoms with E-state index in [0.29, 0.717) is 6.01 Å². The van der Waals surface area contributed by atoms with Gasteiger partial charge in [0.25, 0.3) is 6.01 Å². The van der Waals surface area contributed by atoms with Crippen LogP contribution in [0.2, 0.25) is 0 Å². The van der Waals surface area contributed by atoms with Crippen molar-refractivity contribution in [1.29, 1.82) is 0 Å². The highest BCUT2D eigenvalue weighted by Crippen LogP contribution is 2.29. The summed E-state index contributed by atoms with van der Waals surface area (Å²) in [6.45, 7) is 1.94. The van der Waals surface area contributed by atoms with Crippen LogP contribution in [0.3, 0.4) is 0 Å². The number of anilines is 2. The molecular formula is C17H13BrN4O. The SMILES string of the molecule is Cc1nc(Nc2ccc3[nH]ncc3c2)oc1-c1ccc(Br)cc1. The number of fused-ring (bicyclic) bond motifs is 1. The van der Waals surface area contributed by atoms with E-state index in [1.54, 1.807) is 6.20 Å². The average Bonchev–Trinajstić information content (AvgIpc) is 3.14. The van der Waals surface area contributed by atoms with Crippen LogP contribution in [-0.4, -0.2) is 15.2 Å². The number of rotatable bonds is 3. The van der Waals surface area contributed by atoms with Crippen LogP contribution in [0.4, 0.5) is 11.7 Å². The van der Waals surface area contributed by atoms with E-state index >= 15 is 0 Å². The van der Waals surface area contributed by atoms with Crippen molar-refractivity contribution in [1.82, 2.24) is 15.2 Å². The number of aryl methyl sites for hydroxylation is 1. The molecule has 0 unspecified atom stereocenters. The molecule has 23 heavy (non-hydrogen) atoms. The maximum absolute atomic E-state index is 5.88. The highest BCUT2D eigenvalue weighted by Gasteiger charge is 2.12. The molecule has 0 spiro atoms. The predicted octanol–water partition coefficient (Wildman–Crippen LogP) is 5.03. The summed E-state index contributed by atoms with van der Waals surface area (Å²) >= 11 is 3.44. The van der Waals surface area contributed by atoms with Crippen molar-refractivity contribution in [3.63, 3.8) is 0 Å². The molecule has 2 N–H and O–H groups in total. The van der Waals surface area contributed by atoms with Crippen LogP contribution in [0.25, 0.3) is 22.2 Å². The van der Waals surface area contributed by atoms with Gasteiger partial charge in [0.15, 0.2) is 5.76 Å². The number of hydrogen-bond acceptors (Lipinski definition) is 4. The number of hydrogen-bond donors (Lipinski definition) is 2. The van der Waals surface area contributed by atoms with Gasteiger partial charge < -0.3 is 9.73 Å². The lowest BCUT2D eigenvalue weighted by Gasteiger charge is -2.01. The van der Waals surface area contributed by atoms with Crippen molar-refractivity contribution >= 4 is 38.5 Å². The van der Waals surface area contributed by atoms with Crippen molar-refractivity contribution in [3.05, 3.63) is 58.8 Å². The third-order valence-corrected chi connectivity index (χ3v) is 4.12. The average molecular weight is 369 g/mol. The molecule has 2 aromatic carbocycles. The molecule has 5 nitrogen and oxygen atoms in total. The lowest BCUT2D eigenvalue weighted by molar-refractivity contribution is 0.591. The van der Waals surface area contributed by atoms with E-state index in [2.05, 4.69) is 36.4 Å². The maximum Gasteiger partial charge on any atom is 0.299 e. The Kier molecular flexibility index (Phi) is 3.38. The van der Waals surface area contributed by atoms with Crippen LogP contribution in [-0.2, 0) is 0 Å². The zero-order chi connectivity index (χ0) is 15.8. The first kappa shape index (κ1) is 14.0. The van der Waals surface area contributed by atoms with Crippen LogP contribution >= 0.6 is 15.9 Å². The van der Waals surface area contributed by atoms with Crippen molar-refractivity contribution in [3.8, 4) is 11.3 Å². The van der Waals surface area contributed by atoms with E-state index in [0.717, 1.165) is 38.1 Å². The minimum Gasteiger partial charge on any atom is -0.423 e. The van der Waals surface area contributed by atoms with E-state index < -0.39 is 0 Å². The Morgan fingerprint density at radius 1 is 1.13 bits per heavy atom. The second-order valence-electron chi connectivity index (χ2n) is 5.24. The van der Waals surface area contributed by atoms with Crippen LogP contribution in [0.5, 0.6) is 0 Å². The van der Waals surface area contributed by atoms with E-state index in [1.807, 2.05) is 49.4 Å². The monoisotopic (exact) mass is 368 g/mol. The molecule has 0 aliphatic rings. The lowest BCUT2D eigenvalue weighted by atomic mass is 10.1. The van der Waals surface area contributed by atoms with E-state index in [9.17, 15) is 0 Å². The summed E-state index contributed by atoms with van der Waals surface area (Å²) in [6.07, 6.45) is 1.79. The first-order chi connectivity index (χ1) is 11.2. The van der Waals surface area contributed by atoms with Crippen molar-refractivity contribution in [2.24, 2.45) is 0 Å². The Labute approximate surface area is 140 Å². The molecule has 6 heteroatoms. The molecule has 4 aromatic rings. The molecule has 0 fully saturated rings. The van der Waals surface area contributed by atoms with Gasteiger partial charge in [-0.25, -0.2) is 0 Å². The van der Waals surface area contributed by atoms with Gasteiger partial charge in [0.2, 0.25) is 0 Å². The third kappa shape index (κ3) is 2.73. The van der Waals surface area contributed by atoms with Crippen LogP contribution < -0.4 is 5.32 Å². The second kappa shape index (κ2) is 5.55. The molecule has 0 saturated carbocycles. The largest absolute Gasteiger partial charge is 0.423 e. The first-order valence-corrected chi connectivity index (χ1v) is 7.92. The molecule has 2 aromatic heterocycles. The number of halogens is 1. The fraction of sp³-hybridized carbons (Fsp3) is 0.0588. The predicted molar refractivity (Wildman–Crippen MR) is 93.8 cm³/mol. The lowest BCUT2D eigenvalue weighted by Crippen LogP contribution is -1.89. The summed E-state index contributed by atoms with van der Waals surface area (Å²) in [7, 11) is 0. The number of benzene rings is 2. The standard InChI is InChI=1S/C17H13BrN4O/c1-10-16(11-2-4-13(18)5-3-11)23-17(20-10)21-14-6-7-15-12(8-14)9-19-22-15/h2-9H,1H3,(H,19,22)(H,20,21). The van der Waals surface area contributed by atoms with Crippen molar-refractivity contribution < 1.29 is 4.42 Å². The van der Waals surface area contributed by atoms with E-state index in [1.165, 1.54) is 0 Å². The molecule has 0 amide bonds. The smallest absolute Gasteiger partial charge is 0.299 e. The summed E-state index contributed by atoms with van der Waals surface area (Å²) in [6, 6.07) is 14.4. The topological polar surface area (TPSA) is 66.7 Å². The Balaban J connectivity index is 1.64. The van der Waals surface area contributed by atoms with Gasteiger partial charge in [0.1, 0.15) is 0 Å². The molecule has 0 aliphatic heterocycles. The highest BCUT2D eigenvalue weighted by molar-refractivity contribution is 9.10. The summed E-state index contributed by atoms with van der Waals surface area (Å²) < 4.78 is 6.91. The maximum atomic E-state index is 5.88. The molecule has 114 valence electrons. The fourth-order valence-corrected chi connectivity index (χ4v) is 2.73. The van der Waals surface area contributed by atoms with Gasteiger partial charge in [-0.05, 0) is 37.3 Å². The number of nitrogens with zero attached hydrogens (tertiary/aromatic N) is 2. The Hall–Kier alpha value is -2.60. The van der Waals surface area contributed by atoms with Gasteiger partial charge in [-0.1, -0.05) is 28.1 Å². The Morgan fingerprint density at radius 3 is 2.78 bits per heavy atom. The number of H-pyrrole nitrogens is 1. The number of nitrogens with one attached hydrogen (secondary N) is 2. The summed E-state index contributed by atoms with van der Waals surface area (Å²) in [5, 5.41) is 11.2. The summed E-state index contributed by atoms with van der Waals surface area (Å²) in [4.78, 5) is 4.46. The molecular weight excluding hydrogens is 356 g/mol. The quantitative estimate of drug-likeness (QED) is 0.531. The van der Waals surface area contributed by atoms with Gasteiger partial charge >= 0.3 is 0 Å². The Morgan fingerprint density at radius 2 is 1.96 bits per heavy atom. The highest BCUT2D eigenvalue weighted by atomic mass is 79.9. The molecule has 2 heterocycles. The van der Waals surface area contributed by atoms with Gasteiger partial charge in [-0.3, -0.25) is 5.10 Å². The Bertz CT molecular complexity index is 972. The van der Waals surface area contributed by atoms with Crippen molar-refractivity contribution in [2.75, 3.05) is 5.32 Å². The summed E-state index contributed by atoms with van der Waals surface area (Å²) in [5.41, 5.74) is 3.74. The summed E-state index contributed by atoms with van der Waals surface area (Å²) in [5.74, 6) is 0.768. The minimum absolute atomic E-state index is 0.475. The van der Waals surface area contributed by atoms with Crippen LogP contribution in [0.15, 0.2) is 57.6 Å². The number of aromatic amines is 1. The number of oxazole rings is 1. The van der Waals surface area contributed by atoms with Crippen LogP contribution in [0, 0.1) is 6.92 Å². The molecule has 0 saturated heterocycles. The van der Waals surface area contributed by atoms with E-state index in [4.69, 9.17) is 4.42 Å². The van der Waals surface area contributed by atoms with Crippen molar-refractivity contribution in [2.45, 2.75) is 6.92 Å². The molecule has 4 rings (SSSR count). The van der Waals surface area contributed by atoms with Gasteiger partial charge in [-0.2, -0.15) is 10.1 Å². The van der Waals surface area contributed by atoms with Gasteiger partial charge in [0.05, 0.1) is 17.4 Å². The molecule has 0 atom stereocenters. The normalized spacial score (nSPS) is 11.0. The minimum atomic E-state index is 0.475. The molecule has 0 radical (unpaired) electrons. The van der Waals surface area contributed by atoms with Gasteiger partial charge in [-0.15, -0.1) is 0 Å². The third-order valence-electron chi connectivity index (χ3n) is 3.59. The molecule has 0 aliphatic carbocycles. The fourth-order valence-electron chi connectivity index (χ4n) is 2.46. The second-order valence-corrected chi connectivity index (χ2v) is 6.15. The van der Waals surface area contributed by atoms with Gasteiger partial charge in [0, 0.05) is 21.1 Å². The van der Waals surface area contributed by atoms with E-state index in [-0.39, 0.29) is 0 Å². The number of aromatic nitrogens is 3. The zero-order valence-corrected chi connectivity index (χ0v) is 13.9. The van der Waals surface area contributed by atoms with Crippen LogP contribution in [0.1, 0.15) is 5.69 Å². The first-order valence-electron chi connectivity index (χ1n) is 7.12.